The molecule has 14 nitrogen and oxygen atoms in total. The van der Waals surface area contributed by atoms with E-state index < -0.39 is 78.1 Å². The molecule has 0 radical (unpaired) electrons. The van der Waals surface area contributed by atoms with E-state index in [-0.39, 0.29) is 60.9 Å². The molecular weight excluding hydrogens is 835 g/mol. The average Bonchev–Trinajstić information content (AvgIpc) is 3.28. The van der Waals surface area contributed by atoms with Crippen molar-refractivity contribution in [1.29, 1.82) is 0 Å². The molecule has 16 atom stereocenters. The lowest BCUT2D eigenvalue weighted by Gasteiger charge is -2.46. The number of nitrogens with zero attached hydrogens (tertiary/aromatic N) is 1. The number of carbonyl (C=O) groups excluding carboxylic acids is 4. The Morgan fingerprint density at radius 2 is 1.57 bits per heavy atom. The third kappa shape index (κ3) is 14.5. The van der Waals surface area contributed by atoms with Gasteiger partial charge in [-0.2, -0.15) is 0 Å². The lowest BCUT2D eigenvalue weighted by Crippen LogP contribution is -2.63. The predicted molar refractivity (Wildman–Crippen MR) is 246 cm³/mol. The van der Waals surface area contributed by atoms with Gasteiger partial charge in [0.1, 0.15) is 30.1 Å². The van der Waals surface area contributed by atoms with Gasteiger partial charge in [-0.15, -0.1) is 0 Å². The summed E-state index contributed by atoms with van der Waals surface area (Å²) in [5.74, 6) is -6.22. The van der Waals surface area contributed by atoms with E-state index in [9.17, 15) is 39.6 Å². The number of carbonyl (C=O) groups is 4. The highest BCUT2D eigenvalue weighted by Crippen LogP contribution is 2.39. The summed E-state index contributed by atoms with van der Waals surface area (Å²) in [4.78, 5) is 57.8. The van der Waals surface area contributed by atoms with Crippen LogP contribution in [0.1, 0.15) is 126 Å². The van der Waals surface area contributed by atoms with Gasteiger partial charge in [-0.25, -0.2) is 4.79 Å². The summed E-state index contributed by atoms with van der Waals surface area (Å²) in [6.45, 7) is 12.9. The van der Waals surface area contributed by atoms with Gasteiger partial charge in [0.2, 0.25) is 5.79 Å². The first kappa shape index (κ1) is 54.5. The van der Waals surface area contributed by atoms with E-state index in [1.807, 2.05) is 58.1 Å². The summed E-state index contributed by atoms with van der Waals surface area (Å²) in [5, 5.41) is 45.7. The highest BCUT2D eigenvalue weighted by atomic mass is 16.6. The molecular formula is C51H81NO13. The number of allylic oxidation sites excluding steroid dienone is 6. The van der Waals surface area contributed by atoms with Crippen LogP contribution in [0.4, 0.5) is 0 Å². The van der Waals surface area contributed by atoms with Gasteiger partial charge in [0.05, 0.1) is 24.4 Å². The zero-order chi connectivity index (χ0) is 48.2. The smallest absolute Gasteiger partial charge is 0.329 e. The zero-order valence-electron chi connectivity index (χ0n) is 40.7. The minimum Gasteiger partial charge on any atom is -0.460 e. The van der Waals surface area contributed by atoms with Crippen molar-refractivity contribution in [3.05, 3.63) is 47.6 Å². The molecule has 0 aromatic heterocycles. The van der Waals surface area contributed by atoms with Crippen LogP contribution >= 0.6 is 0 Å². The summed E-state index contributed by atoms with van der Waals surface area (Å²) in [7, 11) is 4.55. The molecule has 2 bridgehead atoms. The second-order valence-corrected chi connectivity index (χ2v) is 19.8. The maximum Gasteiger partial charge on any atom is 0.329 e. The zero-order valence-corrected chi connectivity index (χ0v) is 40.7. The molecule has 65 heavy (non-hydrogen) atoms. The molecule has 1 saturated carbocycles. The van der Waals surface area contributed by atoms with Gasteiger partial charge >= 0.3 is 5.97 Å². The van der Waals surface area contributed by atoms with Crippen molar-refractivity contribution in [3.63, 3.8) is 0 Å². The van der Waals surface area contributed by atoms with E-state index in [1.165, 1.54) is 12.0 Å². The van der Waals surface area contributed by atoms with Crippen molar-refractivity contribution in [2.45, 2.75) is 186 Å². The first-order chi connectivity index (χ1) is 30.7. The molecule has 0 aromatic carbocycles. The summed E-state index contributed by atoms with van der Waals surface area (Å²) in [6.07, 6.45) is 9.72. The molecule has 4 rings (SSSR count). The lowest BCUT2D eigenvalue weighted by atomic mass is 9.78. The van der Waals surface area contributed by atoms with Crippen LogP contribution < -0.4 is 0 Å². The van der Waals surface area contributed by atoms with E-state index >= 15 is 0 Å². The molecule has 4 aliphatic rings. The number of amides is 1. The van der Waals surface area contributed by atoms with Crippen LogP contribution in [0.3, 0.4) is 0 Å². The predicted octanol–water partition coefficient (Wildman–Crippen LogP) is 5.97. The van der Waals surface area contributed by atoms with Crippen molar-refractivity contribution in [3.8, 4) is 0 Å². The van der Waals surface area contributed by atoms with Crippen molar-refractivity contribution in [2.24, 2.45) is 35.5 Å². The second kappa shape index (κ2) is 25.3. The van der Waals surface area contributed by atoms with Gasteiger partial charge in [0, 0.05) is 58.5 Å². The van der Waals surface area contributed by atoms with E-state index in [1.54, 1.807) is 41.1 Å². The number of piperidine rings is 1. The number of Topliss-reactive ketones (excluding diaryl/α,β-unsaturated/α-hetero) is 2. The van der Waals surface area contributed by atoms with E-state index in [0.717, 1.165) is 12.0 Å². The number of aliphatic hydroxyl groups is 4. The molecule has 2 saturated heterocycles. The Morgan fingerprint density at radius 3 is 2.25 bits per heavy atom. The molecule has 14 heteroatoms. The van der Waals surface area contributed by atoms with Crippen LogP contribution in [-0.4, -0.2) is 137 Å². The van der Waals surface area contributed by atoms with E-state index in [4.69, 9.17) is 23.7 Å². The summed E-state index contributed by atoms with van der Waals surface area (Å²) in [5.41, 5.74) is 1.30. The molecule has 1 unspecified atom stereocenters. The van der Waals surface area contributed by atoms with Crippen LogP contribution in [-0.2, 0) is 42.9 Å². The summed E-state index contributed by atoms with van der Waals surface area (Å²) < 4.78 is 29.5. The molecule has 1 amide bonds. The fourth-order valence-electron chi connectivity index (χ4n) is 10.3. The average molecular weight is 916 g/mol. The first-order valence-electron chi connectivity index (χ1n) is 24.1. The minimum absolute atomic E-state index is 0.0264. The number of rotatable bonds is 6. The molecule has 3 aliphatic heterocycles. The normalized spacial score (nSPS) is 41.5. The van der Waals surface area contributed by atoms with Crippen LogP contribution in [0.15, 0.2) is 47.6 Å². The number of hydrogen-bond donors (Lipinski definition) is 4. The molecule has 4 N–H and O–H groups in total. The topological polar surface area (TPSA) is 199 Å². The van der Waals surface area contributed by atoms with Crippen LogP contribution in [0.2, 0.25) is 0 Å². The van der Waals surface area contributed by atoms with Gasteiger partial charge < -0.3 is 49.0 Å². The Hall–Kier alpha value is -3.08. The maximum atomic E-state index is 14.4. The SMILES string of the molecule is CO[C@H]1CC2CC[C@@H](C)[C@@](O)(O2)[C@H](O)C(=O)N2CCCC[C@H]2C(=O)O[C@H]([C@H](C)C[C@@H]2CC[C@@H](O)[C@H](OC)C2)CC(=O)[C@H](C)/C=C(\C)[C@@H](O)[C@@H](OC)C(=O)[C@H](C)C[C@H](C)/C=C/C=C/C=C/1C. The third-order valence-electron chi connectivity index (χ3n) is 14.7. The summed E-state index contributed by atoms with van der Waals surface area (Å²) >= 11 is 0. The Kier molecular flexibility index (Phi) is 21.3. The van der Waals surface area contributed by atoms with Gasteiger partial charge in [-0.05, 0) is 107 Å². The third-order valence-corrected chi connectivity index (χ3v) is 14.7. The van der Waals surface area contributed by atoms with Crippen molar-refractivity contribution >= 4 is 23.4 Å². The second-order valence-electron chi connectivity index (χ2n) is 19.8. The van der Waals surface area contributed by atoms with Crippen molar-refractivity contribution in [1.82, 2.24) is 4.90 Å². The number of esters is 1. The van der Waals surface area contributed by atoms with Gasteiger partial charge in [0.15, 0.2) is 11.9 Å². The fourth-order valence-corrected chi connectivity index (χ4v) is 10.3. The van der Waals surface area contributed by atoms with Crippen LogP contribution in [0, 0.1) is 35.5 Å². The Morgan fingerprint density at radius 1 is 0.846 bits per heavy atom. The molecule has 3 fully saturated rings. The van der Waals surface area contributed by atoms with Crippen LogP contribution in [0.25, 0.3) is 0 Å². The van der Waals surface area contributed by atoms with Gasteiger partial charge in [-0.3, -0.25) is 14.4 Å². The lowest BCUT2D eigenvalue weighted by molar-refractivity contribution is -0.317. The number of aliphatic hydroxyl groups excluding tert-OH is 3. The van der Waals surface area contributed by atoms with E-state index in [0.29, 0.717) is 63.4 Å². The maximum absolute atomic E-state index is 14.4. The monoisotopic (exact) mass is 916 g/mol. The molecule has 0 spiro atoms. The van der Waals surface area contributed by atoms with Gasteiger partial charge in [-0.1, -0.05) is 71.1 Å². The Balaban J connectivity index is 1.70. The quantitative estimate of drug-likeness (QED) is 0.180. The highest BCUT2D eigenvalue weighted by Gasteiger charge is 2.53. The molecule has 0 aromatic rings. The Labute approximate surface area is 387 Å². The number of hydrogen-bond acceptors (Lipinski definition) is 13. The van der Waals surface area contributed by atoms with Crippen LogP contribution in [0.5, 0.6) is 0 Å². The van der Waals surface area contributed by atoms with Crippen molar-refractivity contribution in [2.75, 3.05) is 27.9 Å². The number of methoxy groups -OCH3 is 3. The number of ketones is 2. The fraction of sp³-hybridized carbons (Fsp3) is 0.765. The summed E-state index contributed by atoms with van der Waals surface area (Å²) in [6, 6.07) is -1.08. The molecule has 368 valence electrons. The molecule has 1 aliphatic carbocycles. The first-order valence-corrected chi connectivity index (χ1v) is 24.1. The highest BCUT2D eigenvalue weighted by molar-refractivity contribution is 5.89. The van der Waals surface area contributed by atoms with E-state index in [2.05, 4.69) is 0 Å². The van der Waals surface area contributed by atoms with Gasteiger partial charge in [0.25, 0.3) is 5.91 Å². The largest absolute Gasteiger partial charge is 0.460 e. The standard InChI is InChI=1S/C51H81NO13/c1-30-16-12-11-13-17-31(2)42(61-8)28-38-21-19-36(7)51(60,65-38)48(57)49(58)52-23-15-14-18-39(52)50(59)64-43(33(4)26-37-20-22-40(53)44(27-37)62-9)29-41(54)32(3)25-35(6)46(56)47(63-10)45(55)34(5)24-30/h11-13,16-17,25,30,32-34,36-40,42-44,46-48,53,56-57,60H,14-15,18-24,26-29H2,1-10H3/b13-11+,16-12+,31-17+,35-25+/t30-,32-,33-,34-,36-,37+,38?,39+,40-,42+,43+,44-,46-,47+,48-,51-/m1/s1. The molecule has 3 heterocycles. The number of cyclic esters (lactones) is 1. The number of fused-ring (bicyclic) bond motifs is 3. The van der Waals surface area contributed by atoms with Crippen molar-refractivity contribution < 1.29 is 63.3 Å². The minimum atomic E-state index is -2.23. The number of ether oxygens (including phenoxy) is 5. The Bertz CT molecular complexity index is 1710.